The summed E-state index contributed by atoms with van der Waals surface area (Å²) in [5, 5.41) is 11.0. The highest BCUT2D eigenvalue weighted by Crippen LogP contribution is 1.94. The van der Waals surface area contributed by atoms with Gasteiger partial charge in [0.2, 0.25) is 5.91 Å². The molecule has 0 saturated heterocycles. The molecule has 0 fully saturated rings. The summed E-state index contributed by atoms with van der Waals surface area (Å²) in [4.78, 5) is 24.2. The van der Waals surface area contributed by atoms with E-state index in [1.54, 1.807) is 11.8 Å². The quantitative estimate of drug-likeness (QED) is 0.646. The molecule has 0 aromatic heterocycles. The van der Waals surface area contributed by atoms with Gasteiger partial charge < -0.3 is 9.84 Å². The lowest BCUT2D eigenvalue weighted by Crippen LogP contribution is -2.41. The number of imide groups is 1. The molecule has 2 N–H and O–H groups in total. The number of carbonyl (C=O) groups is 2. The summed E-state index contributed by atoms with van der Waals surface area (Å²) in [6.07, 6.45) is 1.24. The number of aliphatic hydroxyl groups is 1. The maximum Gasteiger partial charge on any atom is 0.413 e. The van der Waals surface area contributed by atoms with Crippen molar-refractivity contribution in [2.45, 2.75) is 26.7 Å². The first kappa shape index (κ1) is 15.9. The number of hydrogen-bond donors (Lipinski definition) is 2. The van der Waals surface area contributed by atoms with Crippen molar-refractivity contribution in [3.8, 4) is 0 Å². The predicted octanol–water partition coefficient (Wildman–Crippen LogP) is 0.353. The number of nitrogens with zero attached hydrogens (tertiary/aromatic N) is 1. The molecule has 0 radical (unpaired) electrons. The highest BCUT2D eigenvalue weighted by Gasteiger charge is 2.12. The van der Waals surface area contributed by atoms with Crippen LogP contribution >= 0.6 is 0 Å². The van der Waals surface area contributed by atoms with Crippen LogP contribution in [-0.2, 0) is 9.53 Å². The van der Waals surface area contributed by atoms with E-state index in [1.165, 1.54) is 0 Å². The van der Waals surface area contributed by atoms with E-state index < -0.39 is 12.0 Å². The van der Waals surface area contributed by atoms with Crippen LogP contribution in [0, 0.1) is 0 Å². The molecule has 0 rings (SSSR count). The first-order chi connectivity index (χ1) is 8.13. The molecule has 100 valence electrons. The molecule has 0 bridgehead atoms. The van der Waals surface area contributed by atoms with E-state index >= 15 is 0 Å². The number of rotatable bonds is 8. The van der Waals surface area contributed by atoms with Gasteiger partial charge in [0.1, 0.15) is 0 Å². The molecule has 17 heavy (non-hydrogen) atoms. The number of aliphatic hydroxyl groups excluding tert-OH is 1. The van der Waals surface area contributed by atoms with Crippen LogP contribution in [0.5, 0.6) is 0 Å². The van der Waals surface area contributed by atoms with E-state index in [4.69, 9.17) is 5.11 Å². The van der Waals surface area contributed by atoms with E-state index in [9.17, 15) is 9.59 Å². The molecule has 0 aliphatic heterocycles. The van der Waals surface area contributed by atoms with Crippen molar-refractivity contribution in [1.82, 2.24) is 10.2 Å². The third-order valence-electron chi connectivity index (χ3n) is 2.13. The Balaban J connectivity index is 3.97. The second-order valence-electron chi connectivity index (χ2n) is 3.62. The van der Waals surface area contributed by atoms with Crippen molar-refractivity contribution in [2.24, 2.45) is 0 Å². The van der Waals surface area contributed by atoms with E-state index in [-0.39, 0.29) is 19.8 Å². The van der Waals surface area contributed by atoms with E-state index in [0.29, 0.717) is 6.54 Å². The molecule has 0 aliphatic carbocycles. The molecule has 2 amide bonds. The molecule has 0 atom stereocenters. The van der Waals surface area contributed by atoms with Gasteiger partial charge in [0.15, 0.2) is 0 Å². The Labute approximate surface area is 102 Å². The smallest absolute Gasteiger partial charge is 0.413 e. The van der Waals surface area contributed by atoms with Crippen molar-refractivity contribution in [1.29, 1.82) is 0 Å². The average Bonchev–Trinajstić information content (AvgIpc) is 2.26. The van der Waals surface area contributed by atoms with Gasteiger partial charge in [-0.2, -0.15) is 0 Å². The standard InChI is InChI=1S/C11H22N2O4/c1-3-5-6-13(7-8-14)9-10(15)12-11(16)17-4-2/h14H,3-9H2,1-2H3,(H,12,15,16). The first-order valence-corrected chi connectivity index (χ1v) is 5.93. The van der Waals surface area contributed by atoms with Gasteiger partial charge in [0.05, 0.1) is 19.8 Å². The van der Waals surface area contributed by atoms with Gasteiger partial charge in [0, 0.05) is 6.54 Å². The van der Waals surface area contributed by atoms with Gasteiger partial charge in [-0.1, -0.05) is 13.3 Å². The van der Waals surface area contributed by atoms with E-state index in [1.807, 2.05) is 0 Å². The molecule has 0 unspecified atom stereocenters. The summed E-state index contributed by atoms with van der Waals surface area (Å²) in [6, 6.07) is 0. The summed E-state index contributed by atoms with van der Waals surface area (Å²) in [5.74, 6) is -0.409. The van der Waals surface area contributed by atoms with Crippen molar-refractivity contribution in [2.75, 3.05) is 32.8 Å². The zero-order valence-corrected chi connectivity index (χ0v) is 10.6. The number of unbranched alkanes of at least 4 members (excludes halogenated alkanes) is 1. The number of nitrogens with one attached hydrogen (secondary N) is 1. The van der Waals surface area contributed by atoms with Gasteiger partial charge in [0.25, 0.3) is 0 Å². The highest BCUT2D eigenvalue weighted by molar-refractivity contribution is 5.92. The Bertz CT molecular complexity index is 234. The molecule has 0 spiro atoms. The molecule has 0 aromatic rings. The number of alkyl carbamates (subject to hydrolysis) is 1. The van der Waals surface area contributed by atoms with Gasteiger partial charge in [-0.05, 0) is 19.9 Å². The molecule has 0 saturated carbocycles. The van der Waals surface area contributed by atoms with Crippen LogP contribution in [0.2, 0.25) is 0 Å². The third-order valence-corrected chi connectivity index (χ3v) is 2.13. The molecule has 6 nitrogen and oxygen atoms in total. The Hall–Kier alpha value is -1.14. The normalized spacial score (nSPS) is 10.4. The SMILES string of the molecule is CCCCN(CCO)CC(=O)NC(=O)OCC. The van der Waals surface area contributed by atoms with Crippen LogP contribution in [0.1, 0.15) is 26.7 Å². The van der Waals surface area contributed by atoms with E-state index in [2.05, 4.69) is 17.0 Å². The number of carbonyl (C=O) groups excluding carboxylic acids is 2. The van der Waals surface area contributed by atoms with Crippen LogP contribution in [0.25, 0.3) is 0 Å². The van der Waals surface area contributed by atoms with Gasteiger partial charge in [-0.15, -0.1) is 0 Å². The zero-order chi connectivity index (χ0) is 13.1. The molecule has 6 heteroatoms. The summed E-state index contributed by atoms with van der Waals surface area (Å²) in [6.45, 7) is 5.20. The lowest BCUT2D eigenvalue weighted by molar-refractivity contribution is -0.121. The fraction of sp³-hybridized carbons (Fsp3) is 0.818. The van der Waals surface area contributed by atoms with Crippen molar-refractivity contribution in [3.63, 3.8) is 0 Å². The minimum absolute atomic E-state index is 0.00357. The zero-order valence-electron chi connectivity index (χ0n) is 10.6. The molecular weight excluding hydrogens is 224 g/mol. The van der Waals surface area contributed by atoms with Gasteiger partial charge in [-0.3, -0.25) is 15.0 Å². The van der Waals surface area contributed by atoms with Gasteiger partial charge >= 0.3 is 6.09 Å². The summed E-state index contributed by atoms with van der Waals surface area (Å²) < 4.78 is 4.60. The Morgan fingerprint density at radius 1 is 1.29 bits per heavy atom. The topological polar surface area (TPSA) is 78.9 Å². The van der Waals surface area contributed by atoms with Crippen molar-refractivity contribution < 1.29 is 19.4 Å². The Morgan fingerprint density at radius 2 is 2.00 bits per heavy atom. The van der Waals surface area contributed by atoms with Crippen LogP contribution in [0.3, 0.4) is 0 Å². The number of hydrogen-bond acceptors (Lipinski definition) is 5. The fourth-order valence-corrected chi connectivity index (χ4v) is 1.32. The summed E-state index contributed by atoms with van der Waals surface area (Å²) >= 11 is 0. The van der Waals surface area contributed by atoms with Crippen LogP contribution < -0.4 is 5.32 Å². The first-order valence-electron chi connectivity index (χ1n) is 5.93. The summed E-state index contributed by atoms with van der Waals surface area (Å²) in [7, 11) is 0. The minimum Gasteiger partial charge on any atom is -0.450 e. The average molecular weight is 246 g/mol. The second kappa shape index (κ2) is 10.0. The van der Waals surface area contributed by atoms with Crippen LogP contribution in [0.15, 0.2) is 0 Å². The minimum atomic E-state index is -0.725. The third kappa shape index (κ3) is 8.65. The van der Waals surface area contributed by atoms with Crippen LogP contribution in [-0.4, -0.2) is 54.9 Å². The number of amides is 2. The molecule has 0 aliphatic rings. The monoisotopic (exact) mass is 246 g/mol. The van der Waals surface area contributed by atoms with Crippen molar-refractivity contribution in [3.05, 3.63) is 0 Å². The predicted molar refractivity (Wildman–Crippen MR) is 63.6 cm³/mol. The lowest BCUT2D eigenvalue weighted by atomic mass is 10.3. The maximum atomic E-state index is 11.4. The Kier molecular flexibility index (Phi) is 9.37. The highest BCUT2D eigenvalue weighted by atomic mass is 16.5. The lowest BCUT2D eigenvalue weighted by Gasteiger charge is -2.19. The molecular formula is C11H22N2O4. The largest absolute Gasteiger partial charge is 0.450 e. The maximum absolute atomic E-state index is 11.4. The Morgan fingerprint density at radius 3 is 2.53 bits per heavy atom. The number of ether oxygens (including phenoxy) is 1. The second-order valence-corrected chi connectivity index (χ2v) is 3.62. The van der Waals surface area contributed by atoms with Gasteiger partial charge in [-0.25, -0.2) is 4.79 Å². The fourth-order valence-electron chi connectivity index (χ4n) is 1.32. The summed E-state index contributed by atoms with van der Waals surface area (Å²) in [5.41, 5.74) is 0. The van der Waals surface area contributed by atoms with E-state index in [0.717, 1.165) is 19.4 Å². The molecule has 0 heterocycles. The van der Waals surface area contributed by atoms with Crippen LogP contribution in [0.4, 0.5) is 4.79 Å². The molecule has 0 aromatic carbocycles. The van der Waals surface area contributed by atoms with Crippen molar-refractivity contribution >= 4 is 12.0 Å².